The topological polar surface area (TPSA) is 69.7 Å². The maximum atomic E-state index is 12.1. The average molecular weight is 408 g/mol. The third-order valence-electron chi connectivity index (χ3n) is 4.04. The Hall–Kier alpha value is -2.15. The quantitative estimate of drug-likeness (QED) is 0.754. The predicted molar refractivity (Wildman–Crippen MR) is 99.6 cm³/mol. The smallest absolute Gasteiger partial charge is 0.244 e. The van der Waals surface area contributed by atoms with Crippen molar-refractivity contribution in [3.8, 4) is 0 Å². The largest absolute Gasteiger partial charge is 0.352 e. The molecule has 1 aliphatic heterocycles. The molecule has 0 bridgehead atoms. The van der Waals surface area contributed by atoms with Crippen LogP contribution in [0.25, 0.3) is 6.08 Å². The normalized spacial score (nSPS) is 14.6. The summed E-state index contributed by atoms with van der Waals surface area (Å²) in [5, 5.41) is 2.72. The first-order chi connectivity index (χ1) is 12.0. The predicted octanol–water partition coefficient (Wildman–Crippen LogP) is 1.66. The zero-order valence-electron chi connectivity index (χ0n) is 14.2. The molecule has 0 saturated carbocycles. The van der Waals surface area contributed by atoms with Gasteiger partial charge in [0.05, 0.1) is 0 Å². The van der Waals surface area contributed by atoms with Gasteiger partial charge in [-0.15, -0.1) is 0 Å². The van der Waals surface area contributed by atoms with Crippen LogP contribution in [-0.2, 0) is 14.4 Å². The molecule has 1 aromatic rings. The first-order valence-electron chi connectivity index (χ1n) is 8.21. The van der Waals surface area contributed by atoms with Gasteiger partial charge in [0.2, 0.25) is 17.7 Å². The number of hydrogen-bond donors (Lipinski definition) is 1. The van der Waals surface area contributed by atoms with Crippen molar-refractivity contribution in [2.75, 3.05) is 32.7 Å². The Morgan fingerprint density at radius 1 is 1.12 bits per heavy atom. The number of halogens is 1. The summed E-state index contributed by atoms with van der Waals surface area (Å²) in [6.07, 6.45) is 3.44. The summed E-state index contributed by atoms with van der Waals surface area (Å²) >= 11 is 3.42. The maximum Gasteiger partial charge on any atom is 0.244 e. The second kappa shape index (κ2) is 9.36. The lowest BCUT2D eigenvalue weighted by molar-refractivity contribution is -0.138. The van der Waals surface area contributed by atoms with Crippen LogP contribution in [0.15, 0.2) is 34.8 Å². The van der Waals surface area contributed by atoms with E-state index in [2.05, 4.69) is 21.2 Å². The number of amides is 3. The van der Waals surface area contributed by atoms with E-state index in [9.17, 15) is 14.4 Å². The highest BCUT2D eigenvalue weighted by atomic mass is 79.9. The lowest BCUT2D eigenvalue weighted by Crippen LogP contribution is -2.50. The molecule has 1 N–H and O–H groups in total. The molecular weight excluding hydrogens is 386 g/mol. The van der Waals surface area contributed by atoms with Crippen molar-refractivity contribution in [3.63, 3.8) is 0 Å². The number of nitrogens with zero attached hydrogens (tertiary/aromatic N) is 2. The van der Waals surface area contributed by atoms with Crippen molar-refractivity contribution in [3.05, 3.63) is 40.4 Å². The Morgan fingerprint density at radius 3 is 2.40 bits per heavy atom. The fourth-order valence-corrected chi connectivity index (χ4v) is 2.97. The monoisotopic (exact) mass is 407 g/mol. The average Bonchev–Trinajstić information content (AvgIpc) is 2.61. The van der Waals surface area contributed by atoms with E-state index < -0.39 is 0 Å². The number of benzene rings is 1. The highest BCUT2D eigenvalue weighted by Gasteiger charge is 2.21. The van der Waals surface area contributed by atoms with Crippen molar-refractivity contribution in [1.82, 2.24) is 15.1 Å². The zero-order valence-corrected chi connectivity index (χ0v) is 15.8. The molecule has 0 spiro atoms. The molecule has 134 valence electrons. The highest BCUT2D eigenvalue weighted by molar-refractivity contribution is 9.10. The van der Waals surface area contributed by atoms with Gasteiger partial charge >= 0.3 is 0 Å². The summed E-state index contributed by atoms with van der Waals surface area (Å²) in [5.41, 5.74) is 0.914. The van der Waals surface area contributed by atoms with Crippen molar-refractivity contribution in [1.29, 1.82) is 0 Å². The van der Waals surface area contributed by atoms with Crippen LogP contribution in [0.4, 0.5) is 0 Å². The molecular formula is C18H22BrN3O3. The van der Waals surface area contributed by atoms with Crippen LogP contribution in [0.2, 0.25) is 0 Å². The van der Waals surface area contributed by atoms with E-state index in [1.54, 1.807) is 15.9 Å². The molecule has 1 heterocycles. The molecule has 1 aliphatic rings. The lowest BCUT2D eigenvalue weighted by Gasteiger charge is -2.34. The van der Waals surface area contributed by atoms with Crippen LogP contribution in [0, 0.1) is 0 Å². The first-order valence-corrected chi connectivity index (χ1v) is 9.00. The van der Waals surface area contributed by atoms with Crippen molar-refractivity contribution >= 4 is 39.7 Å². The minimum absolute atomic E-state index is 0.00159. The Labute approximate surface area is 156 Å². The van der Waals surface area contributed by atoms with Gasteiger partial charge in [-0.1, -0.05) is 34.1 Å². The van der Waals surface area contributed by atoms with Crippen LogP contribution in [-0.4, -0.2) is 60.2 Å². The first kappa shape index (κ1) is 19.2. The van der Waals surface area contributed by atoms with Gasteiger partial charge in [-0.25, -0.2) is 0 Å². The third-order valence-corrected chi connectivity index (χ3v) is 4.76. The molecule has 25 heavy (non-hydrogen) atoms. The molecule has 3 amide bonds. The second-order valence-corrected chi connectivity index (χ2v) is 6.64. The van der Waals surface area contributed by atoms with Crippen LogP contribution >= 0.6 is 15.9 Å². The van der Waals surface area contributed by atoms with E-state index in [-0.39, 0.29) is 24.1 Å². The van der Waals surface area contributed by atoms with Crippen LogP contribution in [0.5, 0.6) is 0 Å². The van der Waals surface area contributed by atoms with Gasteiger partial charge in [0.15, 0.2) is 0 Å². The summed E-state index contributed by atoms with van der Waals surface area (Å²) < 4.78 is 0.916. The molecule has 1 saturated heterocycles. The fraction of sp³-hybridized carbons (Fsp3) is 0.389. The minimum atomic E-state index is -0.232. The SMILES string of the molecule is CC(=O)N1CCN(C(=O)CCNC(=O)/C=C/c2ccccc2Br)CC1. The Morgan fingerprint density at radius 2 is 1.76 bits per heavy atom. The second-order valence-electron chi connectivity index (χ2n) is 5.78. The van der Waals surface area contributed by atoms with Gasteiger partial charge in [-0.2, -0.15) is 0 Å². The third kappa shape index (κ3) is 6.01. The van der Waals surface area contributed by atoms with E-state index in [0.717, 1.165) is 10.0 Å². The van der Waals surface area contributed by atoms with Gasteiger partial charge in [0, 0.05) is 56.6 Å². The van der Waals surface area contributed by atoms with Gasteiger partial charge in [0.25, 0.3) is 0 Å². The molecule has 6 nitrogen and oxygen atoms in total. The minimum Gasteiger partial charge on any atom is -0.352 e. The summed E-state index contributed by atoms with van der Waals surface area (Å²) in [6, 6.07) is 7.61. The van der Waals surface area contributed by atoms with Crippen LogP contribution in [0.3, 0.4) is 0 Å². The van der Waals surface area contributed by atoms with Gasteiger partial charge in [0.1, 0.15) is 0 Å². The number of carbonyl (C=O) groups is 3. The molecule has 2 rings (SSSR count). The lowest BCUT2D eigenvalue weighted by atomic mass is 10.2. The molecule has 1 aromatic carbocycles. The summed E-state index contributed by atoms with van der Waals surface area (Å²) in [5.74, 6) is -0.195. The number of rotatable bonds is 5. The van der Waals surface area contributed by atoms with Crippen molar-refractivity contribution in [2.24, 2.45) is 0 Å². The summed E-state index contributed by atoms with van der Waals surface area (Å²) in [6.45, 7) is 4.08. The Kier molecular flexibility index (Phi) is 7.18. The molecule has 7 heteroatoms. The number of hydrogen-bond acceptors (Lipinski definition) is 3. The number of carbonyl (C=O) groups excluding carboxylic acids is 3. The van der Waals surface area contributed by atoms with E-state index in [1.807, 2.05) is 24.3 Å². The van der Waals surface area contributed by atoms with E-state index in [1.165, 1.54) is 13.0 Å². The van der Waals surface area contributed by atoms with Gasteiger partial charge in [-0.3, -0.25) is 14.4 Å². The molecule has 0 aromatic heterocycles. The maximum absolute atomic E-state index is 12.1. The van der Waals surface area contributed by atoms with Gasteiger partial charge < -0.3 is 15.1 Å². The summed E-state index contributed by atoms with van der Waals surface area (Å²) in [7, 11) is 0. The standard InChI is InChI=1S/C18H22BrN3O3/c1-14(23)21-10-12-22(13-11-21)18(25)8-9-20-17(24)7-6-15-4-2-3-5-16(15)19/h2-7H,8-13H2,1H3,(H,20,24)/b7-6+. The fourth-order valence-electron chi connectivity index (χ4n) is 2.56. The van der Waals surface area contributed by atoms with E-state index >= 15 is 0 Å². The van der Waals surface area contributed by atoms with E-state index in [4.69, 9.17) is 0 Å². The summed E-state index contributed by atoms with van der Waals surface area (Å²) in [4.78, 5) is 38.7. The zero-order chi connectivity index (χ0) is 18.2. The van der Waals surface area contributed by atoms with E-state index in [0.29, 0.717) is 32.7 Å². The van der Waals surface area contributed by atoms with Crippen LogP contribution in [0.1, 0.15) is 18.9 Å². The molecule has 0 unspecified atom stereocenters. The molecule has 1 fully saturated rings. The molecule has 0 aliphatic carbocycles. The van der Waals surface area contributed by atoms with Gasteiger partial charge in [-0.05, 0) is 17.7 Å². The van der Waals surface area contributed by atoms with Crippen LogP contribution < -0.4 is 5.32 Å². The van der Waals surface area contributed by atoms with Crippen molar-refractivity contribution in [2.45, 2.75) is 13.3 Å². The number of piperazine rings is 1. The Bertz CT molecular complexity index is 667. The molecule has 0 radical (unpaired) electrons. The Balaban J connectivity index is 1.70. The number of nitrogens with one attached hydrogen (secondary N) is 1. The highest BCUT2D eigenvalue weighted by Crippen LogP contribution is 2.16. The molecule has 0 atom stereocenters. The van der Waals surface area contributed by atoms with Crippen molar-refractivity contribution < 1.29 is 14.4 Å².